The number of aryl methyl sites for hydroxylation is 1. The molecule has 0 aromatic heterocycles. The summed E-state index contributed by atoms with van der Waals surface area (Å²) in [6.07, 6.45) is 0.522. The summed E-state index contributed by atoms with van der Waals surface area (Å²) in [6.45, 7) is 1.75. The number of carbonyl (C=O) groups is 2. The zero-order valence-electron chi connectivity index (χ0n) is 10.2. The van der Waals surface area contributed by atoms with E-state index in [0.717, 1.165) is 5.56 Å². The van der Waals surface area contributed by atoms with Crippen LogP contribution in [0.25, 0.3) is 0 Å². The molecule has 0 spiro atoms. The van der Waals surface area contributed by atoms with Gasteiger partial charge in [-0.2, -0.15) is 0 Å². The van der Waals surface area contributed by atoms with Gasteiger partial charge in [-0.3, -0.25) is 14.9 Å². The van der Waals surface area contributed by atoms with Crippen molar-refractivity contribution in [3.63, 3.8) is 0 Å². The van der Waals surface area contributed by atoms with Crippen molar-refractivity contribution in [1.82, 2.24) is 5.32 Å². The second-order valence-corrected chi connectivity index (χ2v) is 4.37. The Morgan fingerprint density at radius 2 is 2.11 bits per heavy atom. The van der Waals surface area contributed by atoms with E-state index in [1.807, 2.05) is 0 Å². The van der Waals surface area contributed by atoms with E-state index >= 15 is 0 Å². The van der Waals surface area contributed by atoms with E-state index in [1.165, 1.54) is 13.2 Å². The number of rotatable bonds is 2. The van der Waals surface area contributed by atoms with Gasteiger partial charge in [0, 0.05) is 12.0 Å². The SMILES string of the molecule is COc1cc(C)cc(F)c1C1CCC(=O)NC1=O. The van der Waals surface area contributed by atoms with Crippen LogP contribution < -0.4 is 10.1 Å². The first-order valence-corrected chi connectivity index (χ1v) is 5.70. The fraction of sp³-hybridized carbons (Fsp3) is 0.385. The molecule has 0 radical (unpaired) electrons. The van der Waals surface area contributed by atoms with Crippen LogP contribution in [0.1, 0.15) is 29.9 Å². The minimum atomic E-state index is -0.668. The molecule has 1 N–H and O–H groups in total. The lowest BCUT2D eigenvalue weighted by molar-refractivity contribution is -0.134. The highest BCUT2D eigenvalue weighted by atomic mass is 19.1. The van der Waals surface area contributed by atoms with Crippen LogP contribution in [-0.4, -0.2) is 18.9 Å². The first-order chi connectivity index (χ1) is 8.52. The number of carbonyl (C=O) groups excluding carboxylic acids is 2. The summed E-state index contributed by atoms with van der Waals surface area (Å²) >= 11 is 0. The third-order valence-corrected chi connectivity index (χ3v) is 3.04. The van der Waals surface area contributed by atoms with E-state index in [-0.39, 0.29) is 17.9 Å². The number of hydrogen-bond acceptors (Lipinski definition) is 3. The summed E-state index contributed by atoms with van der Waals surface area (Å²) in [5.41, 5.74) is 0.952. The number of halogens is 1. The van der Waals surface area contributed by atoms with Crippen molar-refractivity contribution in [2.45, 2.75) is 25.7 Å². The molecule has 1 aliphatic heterocycles. The topological polar surface area (TPSA) is 55.4 Å². The van der Waals surface area contributed by atoms with E-state index in [1.54, 1.807) is 13.0 Å². The highest BCUT2D eigenvalue weighted by molar-refractivity contribution is 6.01. The Balaban J connectivity index is 2.44. The maximum Gasteiger partial charge on any atom is 0.234 e. The molecule has 1 aromatic carbocycles. The summed E-state index contributed by atoms with van der Waals surface area (Å²) in [5, 5.41) is 2.22. The smallest absolute Gasteiger partial charge is 0.234 e. The highest BCUT2D eigenvalue weighted by Gasteiger charge is 2.32. The van der Waals surface area contributed by atoms with Crippen molar-refractivity contribution in [2.24, 2.45) is 0 Å². The highest BCUT2D eigenvalue weighted by Crippen LogP contribution is 2.34. The monoisotopic (exact) mass is 251 g/mol. The first-order valence-electron chi connectivity index (χ1n) is 5.70. The van der Waals surface area contributed by atoms with E-state index < -0.39 is 17.6 Å². The number of hydrogen-bond donors (Lipinski definition) is 1. The zero-order chi connectivity index (χ0) is 13.3. The lowest BCUT2D eigenvalue weighted by atomic mass is 9.89. The molecule has 1 aliphatic rings. The molecule has 2 rings (SSSR count). The van der Waals surface area contributed by atoms with Gasteiger partial charge in [0.1, 0.15) is 11.6 Å². The van der Waals surface area contributed by atoms with Gasteiger partial charge in [0.2, 0.25) is 11.8 Å². The Labute approximate surface area is 104 Å². The molecule has 1 saturated heterocycles. The maximum atomic E-state index is 14.0. The first kappa shape index (κ1) is 12.5. The summed E-state index contributed by atoms with van der Waals surface area (Å²) in [4.78, 5) is 22.8. The van der Waals surface area contributed by atoms with E-state index in [0.29, 0.717) is 12.2 Å². The summed E-state index contributed by atoms with van der Waals surface area (Å²) in [7, 11) is 1.43. The van der Waals surface area contributed by atoms with E-state index in [9.17, 15) is 14.0 Å². The molecule has 1 heterocycles. The molecular weight excluding hydrogens is 237 g/mol. The Morgan fingerprint density at radius 1 is 1.39 bits per heavy atom. The lowest BCUT2D eigenvalue weighted by Gasteiger charge is -2.23. The van der Waals surface area contributed by atoms with Crippen LogP contribution >= 0.6 is 0 Å². The molecule has 0 bridgehead atoms. The Morgan fingerprint density at radius 3 is 2.72 bits per heavy atom. The second kappa shape index (κ2) is 4.76. The second-order valence-electron chi connectivity index (χ2n) is 4.37. The van der Waals surface area contributed by atoms with Gasteiger partial charge in [0.15, 0.2) is 0 Å². The third-order valence-electron chi connectivity index (χ3n) is 3.04. The molecule has 5 heteroatoms. The average molecular weight is 251 g/mol. The van der Waals surface area contributed by atoms with Gasteiger partial charge in [0.25, 0.3) is 0 Å². The molecule has 1 fully saturated rings. The zero-order valence-corrected chi connectivity index (χ0v) is 10.2. The molecule has 0 saturated carbocycles. The quantitative estimate of drug-likeness (QED) is 0.813. The number of amides is 2. The summed E-state index contributed by atoms with van der Waals surface area (Å²) < 4.78 is 19.1. The van der Waals surface area contributed by atoms with Crippen LogP contribution in [-0.2, 0) is 9.59 Å². The number of benzene rings is 1. The molecule has 2 amide bonds. The largest absolute Gasteiger partial charge is 0.496 e. The van der Waals surface area contributed by atoms with E-state index in [2.05, 4.69) is 5.32 Å². The van der Waals surface area contributed by atoms with Crippen LogP contribution in [0.2, 0.25) is 0 Å². The molecule has 96 valence electrons. The predicted octanol–water partition coefficient (Wildman–Crippen LogP) is 1.66. The number of piperidine rings is 1. The molecule has 0 aliphatic carbocycles. The minimum Gasteiger partial charge on any atom is -0.496 e. The summed E-state index contributed by atoms with van der Waals surface area (Å²) in [6, 6.07) is 3.05. The van der Waals surface area contributed by atoms with Crippen molar-refractivity contribution in [1.29, 1.82) is 0 Å². The van der Waals surface area contributed by atoms with Gasteiger partial charge in [-0.15, -0.1) is 0 Å². The van der Waals surface area contributed by atoms with Crippen LogP contribution in [0, 0.1) is 12.7 Å². The molecule has 1 atom stereocenters. The number of ether oxygens (including phenoxy) is 1. The normalized spacial score (nSPS) is 19.6. The van der Waals surface area contributed by atoms with E-state index in [4.69, 9.17) is 4.74 Å². The van der Waals surface area contributed by atoms with Crippen molar-refractivity contribution >= 4 is 11.8 Å². The fourth-order valence-corrected chi connectivity index (χ4v) is 2.20. The predicted molar refractivity (Wildman–Crippen MR) is 62.8 cm³/mol. The van der Waals surface area contributed by atoms with Crippen LogP contribution in [0.4, 0.5) is 4.39 Å². The molecular formula is C13H14FNO3. The molecule has 1 aromatic rings. The molecule has 18 heavy (non-hydrogen) atoms. The minimum absolute atomic E-state index is 0.215. The summed E-state index contributed by atoms with van der Waals surface area (Å²) in [5.74, 6) is -1.57. The van der Waals surface area contributed by atoms with Gasteiger partial charge in [-0.1, -0.05) is 0 Å². The number of methoxy groups -OCH3 is 1. The van der Waals surface area contributed by atoms with Crippen LogP contribution in [0.3, 0.4) is 0 Å². The molecule has 4 nitrogen and oxygen atoms in total. The third kappa shape index (κ3) is 2.20. The lowest BCUT2D eigenvalue weighted by Crippen LogP contribution is -2.39. The maximum absolute atomic E-state index is 14.0. The Kier molecular flexibility index (Phi) is 3.32. The van der Waals surface area contributed by atoms with Crippen LogP contribution in [0.15, 0.2) is 12.1 Å². The fourth-order valence-electron chi connectivity index (χ4n) is 2.20. The van der Waals surface area contributed by atoms with Gasteiger partial charge < -0.3 is 4.74 Å². The number of nitrogens with one attached hydrogen (secondary N) is 1. The molecule has 1 unspecified atom stereocenters. The standard InChI is InChI=1S/C13H14FNO3/c1-7-5-9(14)12(10(6-7)18-2)8-3-4-11(16)15-13(8)17/h5-6,8H,3-4H2,1-2H3,(H,15,16,17). The van der Waals surface area contributed by atoms with Crippen LogP contribution in [0.5, 0.6) is 5.75 Å². The van der Waals surface area contributed by atoms with Gasteiger partial charge in [0.05, 0.1) is 13.0 Å². The van der Waals surface area contributed by atoms with Crippen molar-refractivity contribution in [3.8, 4) is 5.75 Å². The van der Waals surface area contributed by atoms with Gasteiger partial charge >= 0.3 is 0 Å². The van der Waals surface area contributed by atoms with Crippen molar-refractivity contribution < 1.29 is 18.7 Å². The van der Waals surface area contributed by atoms with Gasteiger partial charge in [-0.05, 0) is 31.0 Å². The van der Waals surface area contributed by atoms with Crippen molar-refractivity contribution in [3.05, 3.63) is 29.1 Å². The van der Waals surface area contributed by atoms with Gasteiger partial charge in [-0.25, -0.2) is 4.39 Å². The van der Waals surface area contributed by atoms with Crippen molar-refractivity contribution in [2.75, 3.05) is 7.11 Å². The Bertz CT molecular complexity index is 513. The number of imide groups is 1. The Hall–Kier alpha value is -1.91. The average Bonchev–Trinajstić information content (AvgIpc) is 2.29.